The maximum absolute atomic E-state index is 12.9. The van der Waals surface area contributed by atoms with Gasteiger partial charge in [0.25, 0.3) is 0 Å². The zero-order valence-corrected chi connectivity index (χ0v) is 23.6. The van der Waals surface area contributed by atoms with Gasteiger partial charge in [-0.25, -0.2) is 4.79 Å². The summed E-state index contributed by atoms with van der Waals surface area (Å²) in [5.74, 6) is 1.77. The lowest BCUT2D eigenvalue weighted by Crippen LogP contribution is -2.40. The first-order valence-corrected chi connectivity index (χ1v) is 12.6. The first kappa shape index (κ1) is 29.6. The van der Waals surface area contributed by atoms with Crippen molar-refractivity contribution in [1.82, 2.24) is 9.69 Å². The third-order valence-electron chi connectivity index (χ3n) is 5.89. The van der Waals surface area contributed by atoms with Gasteiger partial charge in [0.1, 0.15) is 5.75 Å². The number of aromatic hydroxyl groups is 1. The summed E-state index contributed by atoms with van der Waals surface area (Å²) in [6, 6.07) is 17.7. The fourth-order valence-corrected chi connectivity index (χ4v) is 4.74. The van der Waals surface area contributed by atoms with Crippen LogP contribution in [0, 0.1) is 0 Å². The molecular formula is C28H30ClN3O6S. The van der Waals surface area contributed by atoms with E-state index in [2.05, 4.69) is 9.69 Å². The molecule has 0 aliphatic carbocycles. The van der Waals surface area contributed by atoms with E-state index >= 15 is 0 Å². The van der Waals surface area contributed by atoms with Crippen LogP contribution in [0.25, 0.3) is 22.4 Å². The Hall–Kier alpha value is -3.99. The zero-order valence-electron chi connectivity index (χ0n) is 22.0. The molecule has 1 heterocycles. The number of phenolic OH excluding ortho intramolecular Hbond substituents is 1. The predicted molar refractivity (Wildman–Crippen MR) is 155 cm³/mol. The van der Waals surface area contributed by atoms with Gasteiger partial charge in [0.05, 0.1) is 39.8 Å². The highest BCUT2D eigenvalue weighted by molar-refractivity contribution is 7.04. The highest BCUT2D eigenvalue weighted by Gasteiger charge is 2.20. The van der Waals surface area contributed by atoms with Crippen LogP contribution in [0.4, 0.5) is 10.5 Å². The summed E-state index contributed by atoms with van der Waals surface area (Å²) in [5.41, 5.74) is 4.85. The minimum atomic E-state index is -0.392. The Morgan fingerprint density at radius 3 is 2.26 bits per heavy atom. The van der Waals surface area contributed by atoms with Crippen LogP contribution in [0.15, 0.2) is 66.0 Å². The molecule has 4 aromatic rings. The quantitative estimate of drug-likeness (QED) is 0.227. The number of nitrogens with one attached hydrogen (secondary N) is 1. The van der Waals surface area contributed by atoms with Crippen molar-refractivity contribution in [2.75, 3.05) is 40.0 Å². The largest absolute Gasteiger partial charge is 0.508 e. The number of benzene rings is 3. The molecule has 4 rings (SSSR count). The maximum atomic E-state index is 12.9. The molecule has 0 unspecified atom stereocenters. The Labute approximate surface area is 237 Å². The summed E-state index contributed by atoms with van der Waals surface area (Å²) in [5, 5.41) is 15.5. The van der Waals surface area contributed by atoms with Crippen molar-refractivity contribution in [2.45, 2.75) is 6.42 Å². The van der Waals surface area contributed by atoms with Crippen LogP contribution >= 0.6 is 23.9 Å². The van der Waals surface area contributed by atoms with E-state index in [4.69, 9.17) is 19.0 Å². The highest BCUT2D eigenvalue weighted by Crippen LogP contribution is 2.43. The number of anilines is 1. The molecule has 0 radical (unpaired) electrons. The molecule has 1 aromatic heterocycles. The predicted octanol–water partition coefficient (Wildman–Crippen LogP) is 5.95. The van der Waals surface area contributed by atoms with Crippen molar-refractivity contribution in [2.24, 2.45) is 0 Å². The summed E-state index contributed by atoms with van der Waals surface area (Å²) >= 11 is 1.33. The van der Waals surface area contributed by atoms with Gasteiger partial charge >= 0.3 is 6.03 Å². The molecule has 0 fully saturated rings. The van der Waals surface area contributed by atoms with Crippen molar-refractivity contribution in [3.63, 3.8) is 0 Å². The number of hydrogen-bond donors (Lipinski definition) is 2. The Morgan fingerprint density at radius 2 is 1.64 bits per heavy atom. The number of nitrogens with zero attached hydrogens (tertiary/aromatic N) is 2. The number of methoxy groups -OCH3 is 3. The van der Waals surface area contributed by atoms with Crippen LogP contribution in [0.1, 0.15) is 5.56 Å². The molecule has 0 aliphatic heterocycles. The zero-order chi connectivity index (χ0) is 27.1. The van der Waals surface area contributed by atoms with Gasteiger partial charge in [-0.1, -0.05) is 24.3 Å². The van der Waals surface area contributed by atoms with E-state index < -0.39 is 6.03 Å². The highest BCUT2D eigenvalue weighted by atomic mass is 35.5. The number of hydrogen-bond acceptors (Lipinski definition) is 8. The van der Waals surface area contributed by atoms with Crippen molar-refractivity contribution < 1.29 is 28.9 Å². The third kappa shape index (κ3) is 6.72. The Balaban J connectivity index is 0.00000420. The molecule has 39 heavy (non-hydrogen) atoms. The Morgan fingerprint density at radius 1 is 0.949 bits per heavy atom. The van der Waals surface area contributed by atoms with E-state index in [0.29, 0.717) is 35.9 Å². The molecule has 0 bridgehead atoms. The molecular weight excluding hydrogens is 542 g/mol. The summed E-state index contributed by atoms with van der Waals surface area (Å²) in [4.78, 5) is 18.3. The number of carbonyl (C=O) groups is 1. The van der Waals surface area contributed by atoms with Gasteiger partial charge in [-0.2, -0.15) is 9.44 Å². The van der Waals surface area contributed by atoms with Crippen LogP contribution in [0.5, 0.6) is 23.0 Å². The second-order valence-corrected chi connectivity index (χ2v) is 8.80. The third-order valence-corrected chi connectivity index (χ3v) is 6.52. The van der Waals surface area contributed by atoms with Gasteiger partial charge in [0, 0.05) is 23.1 Å². The number of amides is 2. The average Bonchev–Trinajstić information content (AvgIpc) is 3.44. The second-order valence-electron chi connectivity index (χ2n) is 8.17. The van der Waals surface area contributed by atoms with E-state index in [9.17, 15) is 9.90 Å². The topological polar surface area (TPSA) is 102 Å². The summed E-state index contributed by atoms with van der Waals surface area (Å²) in [6.07, 6.45) is 0.613. The van der Waals surface area contributed by atoms with Crippen molar-refractivity contribution >= 4 is 35.7 Å². The fourth-order valence-electron chi connectivity index (χ4n) is 4.02. The van der Waals surface area contributed by atoms with E-state index in [-0.39, 0.29) is 18.2 Å². The molecule has 3 aromatic carbocycles. The van der Waals surface area contributed by atoms with Crippen LogP contribution in [0.2, 0.25) is 0 Å². The lowest BCUT2D eigenvalue weighted by Gasteiger charge is -2.21. The number of carbonyl (C=O) groups excluding carboxylic acids is 1. The molecule has 11 heteroatoms. The van der Waals surface area contributed by atoms with E-state index in [1.54, 1.807) is 39.5 Å². The molecule has 0 atom stereocenters. The van der Waals surface area contributed by atoms with Crippen molar-refractivity contribution in [3.05, 3.63) is 71.6 Å². The summed E-state index contributed by atoms with van der Waals surface area (Å²) in [6.45, 7) is 0.406. The van der Waals surface area contributed by atoms with E-state index in [1.807, 2.05) is 47.8 Å². The Kier molecular flexibility index (Phi) is 10.4. The van der Waals surface area contributed by atoms with Gasteiger partial charge in [-0.15, -0.1) is 12.4 Å². The monoisotopic (exact) mass is 571 g/mol. The Bertz CT molecular complexity index is 1370. The number of phenols is 1. The van der Waals surface area contributed by atoms with Gasteiger partial charge in [0.2, 0.25) is 5.75 Å². The molecule has 2 amide bonds. The smallest absolute Gasteiger partial charge is 0.346 e. The van der Waals surface area contributed by atoms with Gasteiger partial charge < -0.3 is 24.6 Å². The number of urea groups is 1. The average molecular weight is 572 g/mol. The first-order valence-electron chi connectivity index (χ1n) is 11.7. The van der Waals surface area contributed by atoms with Crippen molar-refractivity contribution in [1.29, 1.82) is 0 Å². The van der Waals surface area contributed by atoms with Gasteiger partial charge in [-0.05, 0) is 65.5 Å². The number of ether oxygens (including phenoxy) is 3. The first-order chi connectivity index (χ1) is 18.5. The lowest BCUT2D eigenvalue weighted by molar-refractivity contribution is 0.163. The molecule has 0 spiro atoms. The molecule has 2 N–H and O–H groups in total. The minimum Gasteiger partial charge on any atom is -0.508 e. The SMILES string of the molecule is COc1cc(-c2nscc2-c2cccc(N(OC)C(=O)NCCc3ccc(O)cc3)c2)cc(OC)c1OC.Cl. The fraction of sp³-hybridized carbons (Fsp3) is 0.214. The number of rotatable bonds is 10. The second kappa shape index (κ2) is 13.7. The lowest BCUT2D eigenvalue weighted by atomic mass is 10.0. The molecule has 0 saturated heterocycles. The van der Waals surface area contributed by atoms with Crippen LogP contribution in [-0.2, 0) is 11.3 Å². The standard InChI is InChI=1S/C28H29N3O6S.ClH/c1-34-24-15-20(16-25(35-2)27(24)36-3)26-23(17-38-30-26)19-6-5-7-21(14-19)31(37-4)28(33)29-13-12-18-8-10-22(32)11-9-18;/h5-11,14-17,32H,12-13H2,1-4H3,(H,29,33);1H. The maximum Gasteiger partial charge on any atom is 0.346 e. The summed E-state index contributed by atoms with van der Waals surface area (Å²) < 4.78 is 21.1. The number of aromatic nitrogens is 1. The minimum absolute atomic E-state index is 0. The van der Waals surface area contributed by atoms with Gasteiger partial charge in [0.15, 0.2) is 11.5 Å². The van der Waals surface area contributed by atoms with Crippen LogP contribution in [-0.4, -0.2) is 50.5 Å². The molecule has 9 nitrogen and oxygen atoms in total. The van der Waals surface area contributed by atoms with Crippen LogP contribution in [0.3, 0.4) is 0 Å². The number of hydroxylamine groups is 1. The van der Waals surface area contributed by atoms with E-state index in [1.165, 1.54) is 23.7 Å². The summed E-state index contributed by atoms with van der Waals surface area (Å²) in [7, 11) is 6.15. The van der Waals surface area contributed by atoms with E-state index in [0.717, 1.165) is 27.9 Å². The molecule has 0 saturated carbocycles. The normalized spacial score (nSPS) is 10.4. The van der Waals surface area contributed by atoms with Gasteiger partial charge in [-0.3, -0.25) is 4.84 Å². The molecule has 0 aliphatic rings. The van der Waals surface area contributed by atoms with Crippen molar-refractivity contribution in [3.8, 4) is 45.4 Å². The molecule has 206 valence electrons. The van der Waals surface area contributed by atoms with Crippen LogP contribution < -0.4 is 24.6 Å². The number of halogens is 1.